The highest BCUT2D eigenvalue weighted by atomic mass is 16.5. The van der Waals surface area contributed by atoms with E-state index in [1.807, 2.05) is 18.5 Å². The van der Waals surface area contributed by atoms with Gasteiger partial charge in [-0.25, -0.2) is 0 Å². The van der Waals surface area contributed by atoms with Crippen LogP contribution in [-0.4, -0.2) is 66.9 Å². The standard InChI is InChI=1S/C19H29N3O2/c23-15-13-22-11-4-6-19(7-12-22,18-5-3-8-20-17-18)24-16-14-21-9-1-2-10-21/h3,5,8,15,17H,1-2,4,6-7,9-14,16H2. The second-order valence-corrected chi connectivity index (χ2v) is 6.95. The number of hydrogen-bond acceptors (Lipinski definition) is 5. The highest BCUT2D eigenvalue weighted by Crippen LogP contribution is 2.36. The molecule has 0 radical (unpaired) electrons. The summed E-state index contributed by atoms with van der Waals surface area (Å²) in [7, 11) is 0. The fourth-order valence-corrected chi connectivity index (χ4v) is 3.98. The highest BCUT2D eigenvalue weighted by Gasteiger charge is 2.35. The molecule has 1 atom stereocenters. The molecule has 2 saturated heterocycles. The van der Waals surface area contributed by atoms with Gasteiger partial charge in [0.05, 0.1) is 18.8 Å². The molecule has 132 valence electrons. The Kier molecular flexibility index (Phi) is 6.35. The van der Waals surface area contributed by atoms with Gasteiger partial charge in [0.2, 0.25) is 0 Å². The van der Waals surface area contributed by atoms with Crippen LogP contribution in [0.25, 0.3) is 0 Å². The molecule has 5 nitrogen and oxygen atoms in total. The van der Waals surface area contributed by atoms with E-state index in [9.17, 15) is 4.79 Å². The predicted molar refractivity (Wildman–Crippen MR) is 93.9 cm³/mol. The average Bonchev–Trinajstić information content (AvgIpc) is 3.05. The molecule has 0 amide bonds. The Morgan fingerprint density at radius 3 is 2.71 bits per heavy atom. The van der Waals surface area contributed by atoms with Crippen molar-refractivity contribution in [1.82, 2.24) is 14.8 Å². The smallest absolute Gasteiger partial charge is 0.133 e. The van der Waals surface area contributed by atoms with Crippen molar-refractivity contribution in [3.8, 4) is 0 Å². The molecule has 3 heterocycles. The highest BCUT2D eigenvalue weighted by molar-refractivity contribution is 5.51. The number of nitrogens with zero attached hydrogens (tertiary/aromatic N) is 3. The van der Waals surface area contributed by atoms with E-state index in [1.54, 1.807) is 0 Å². The molecule has 0 bridgehead atoms. The van der Waals surface area contributed by atoms with Crippen LogP contribution in [0.1, 0.15) is 37.7 Å². The lowest BCUT2D eigenvalue weighted by atomic mass is 9.87. The van der Waals surface area contributed by atoms with Gasteiger partial charge < -0.3 is 14.4 Å². The summed E-state index contributed by atoms with van der Waals surface area (Å²) in [4.78, 5) is 19.9. The molecule has 3 rings (SSSR count). The lowest BCUT2D eigenvalue weighted by Crippen LogP contribution is -2.35. The Hall–Kier alpha value is -1.30. The number of aromatic nitrogens is 1. The quantitative estimate of drug-likeness (QED) is 0.716. The maximum absolute atomic E-state index is 10.8. The fraction of sp³-hybridized carbons (Fsp3) is 0.684. The topological polar surface area (TPSA) is 45.7 Å². The van der Waals surface area contributed by atoms with Crippen LogP contribution in [-0.2, 0) is 15.1 Å². The third-order valence-electron chi connectivity index (χ3n) is 5.39. The van der Waals surface area contributed by atoms with E-state index in [-0.39, 0.29) is 5.60 Å². The Bertz CT molecular complexity index is 505. The fourth-order valence-electron chi connectivity index (χ4n) is 3.98. The molecule has 0 spiro atoms. The van der Waals surface area contributed by atoms with Crippen molar-refractivity contribution in [3.63, 3.8) is 0 Å². The van der Waals surface area contributed by atoms with Crippen molar-refractivity contribution in [1.29, 1.82) is 0 Å². The van der Waals surface area contributed by atoms with Gasteiger partial charge in [-0.3, -0.25) is 9.88 Å². The van der Waals surface area contributed by atoms with Crippen LogP contribution >= 0.6 is 0 Å². The number of pyridine rings is 1. The van der Waals surface area contributed by atoms with E-state index in [4.69, 9.17) is 4.74 Å². The number of carbonyl (C=O) groups excluding carboxylic acids is 1. The summed E-state index contributed by atoms with van der Waals surface area (Å²) < 4.78 is 6.53. The van der Waals surface area contributed by atoms with Crippen LogP contribution < -0.4 is 0 Å². The summed E-state index contributed by atoms with van der Waals surface area (Å²) in [5.41, 5.74) is 0.922. The van der Waals surface area contributed by atoms with Gasteiger partial charge in [-0.15, -0.1) is 0 Å². The monoisotopic (exact) mass is 331 g/mol. The normalized spacial score (nSPS) is 26.3. The van der Waals surface area contributed by atoms with E-state index in [0.29, 0.717) is 6.54 Å². The molecule has 0 aromatic carbocycles. The van der Waals surface area contributed by atoms with Gasteiger partial charge in [0.1, 0.15) is 6.29 Å². The molecule has 24 heavy (non-hydrogen) atoms. The molecule has 1 aromatic rings. The molecule has 0 N–H and O–H groups in total. The van der Waals surface area contributed by atoms with Gasteiger partial charge >= 0.3 is 0 Å². The Morgan fingerprint density at radius 1 is 1.12 bits per heavy atom. The number of hydrogen-bond donors (Lipinski definition) is 0. The van der Waals surface area contributed by atoms with Gasteiger partial charge in [0.15, 0.2) is 0 Å². The van der Waals surface area contributed by atoms with Gasteiger partial charge in [-0.2, -0.15) is 0 Å². The molecule has 1 unspecified atom stereocenters. The van der Waals surface area contributed by atoms with Crippen molar-refractivity contribution in [2.75, 3.05) is 45.9 Å². The van der Waals surface area contributed by atoms with Crippen molar-refractivity contribution in [3.05, 3.63) is 30.1 Å². The SMILES string of the molecule is O=CCN1CCCC(OCCN2CCCC2)(c2cccnc2)CC1. The van der Waals surface area contributed by atoms with Gasteiger partial charge in [-0.05, 0) is 57.8 Å². The third kappa shape index (κ3) is 4.41. The maximum Gasteiger partial charge on any atom is 0.133 e. The van der Waals surface area contributed by atoms with Crippen LogP contribution in [0.3, 0.4) is 0 Å². The minimum absolute atomic E-state index is 0.258. The largest absolute Gasteiger partial charge is 0.369 e. The number of ether oxygens (including phenoxy) is 1. The van der Waals surface area contributed by atoms with E-state index in [1.165, 1.54) is 31.5 Å². The van der Waals surface area contributed by atoms with Gasteiger partial charge in [0, 0.05) is 31.0 Å². The Balaban J connectivity index is 1.67. The van der Waals surface area contributed by atoms with Crippen molar-refractivity contribution in [2.45, 2.75) is 37.7 Å². The average molecular weight is 331 g/mol. The Labute approximate surface area is 145 Å². The zero-order valence-electron chi connectivity index (χ0n) is 14.5. The summed E-state index contributed by atoms with van der Waals surface area (Å²) in [6.45, 7) is 6.58. The predicted octanol–water partition coefficient (Wildman–Crippen LogP) is 2.07. The molecular formula is C19H29N3O2. The molecule has 0 aliphatic carbocycles. The van der Waals surface area contributed by atoms with Gasteiger partial charge in [0.25, 0.3) is 0 Å². The molecule has 5 heteroatoms. The summed E-state index contributed by atoms with van der Waals surface area (Å²) >= 11 is 0. The molecule has 0 saturated carbocycles. The number of aldehydes is 1. The lowest BCUT2D eigenvalue weighted by molar-refractivity contribution is -0.109. The van der Waals surface area contributed by atoms with Crippen LogP contribution in [0.5, 0.6) is 0 Å². The minimum Gasteiger partial charge on any atom is -0.369 e. The van der Waals surface area contributed by atoms with Crippen LogP contribution in [0.15, 0.2) is 24.5 Å². The van der Waals surface area contributed by atoms with Crippen LogP contribution in [0.2, 0.25) is 0 Å². The zero-order valence-corrected chi connectivity index (χ0v) is 14.5. The summed E-state index contributed by atoms with van der Waals surface area (Å²) in [5, 5.41) is 0. The first-order valence-corrected chi connectivity index (χ1v) is 9.25. The number of carbonyl (C=O) groups is 1. The summed E-state index contributed by atoms with van der Waals surface area (Å²) in [6, 6.07) is 4.13. The van der Waals surface area contributed by atoms with E-state index in [0.717, 1.165) is 51.8 Å². The lowest BCUT2D eigenvalue weighted by Gasteiger charge is -2.34. The van der Waals surface area contributed by atoms with Crippen molar-refractivity contribution < 1.29 is 9.53 Å². The maximum atomic E-state index is 10.8. The third-order valence-corrected chi connectivity index (χ3v) is 5.39. The van der Waals surface area contributed by atoms with Crippen molar-refractivity contribution in [2.24, 2.45) is 0 Å². The van der Waals surface area contributed by atoms with Crippen molar-refractivity contribution >= 4 is 6.29 Å². The first kappa shape index (κ1) is 17.5. The minimum atomic E-state index is -0.258. The zero-order chi connectivity index (χ0) is 16.7. The molecular weight excluding hydrogens is 302 g/mol. The number of rotatable bonds is 7. The number of likely N-dealkylation sites (tertiary alicyclic amines) is 2. The van der Waals surface area contributed by atoms with Gasteiger partial charge in [-0.1, -0.05) is 6.07 Å². The second-order valence-electron chi connectivity index (χ2n) is 6.95. The first-order valence-electron chi connectivity index (χ1n) is 9.25. The summed E-state index contributed by atoms with van der Waals surface area (Å²) in [6.07, 6.45) is 10.4. The Morgan fingerprint density at radius 2 is 1.96 bits per heavy atom. The van der Waals surface area contributed by atoms with E-state index < -0.39 is 0 Å². The van der Waals surface area contributed by atoms with E-state index >= 15 is 0 Å². The summed E-state index contributed by atoms with van der Waals surface area (Å²) in [5.74, 6) is 0. The second kappa shape index (κ2) is 8.70. The molecule has 2 aliphatic rings. The van der Waals surface area contributed by atoms with E-state index in [2.05, 4.69) is 20.9 Å². The van der Waals surface area contributed by atoms with Crippen LogP contribution in [0, 0.1) is 0 Å². The molecule has 2 aliphatic heterocycles. The first-order chi connectivity index (χ1) is 11.8. The van der Waals surface area contributed by atoms with Crippen LogP contribution in [0.4, 0.5) is 0 Å². The molecule has 1 aromatic heterocycles. The molecule has 2 fully saturated rings.